The van der Waals surface area contributed by atoms with Crippen LogP contribution in [0.5, 0.6) is 0 Å². The molecule has 5 nitrogen and oxygen atoms in total. The van der Waals surface area contributed by atoms with Gasteiger partial charge < -0.3 is 14.6 Å². The lowest BCUT2D eigenvalue weighted by Crippen LogP contribution is -1.97. The van der Waals surface area contributed by atoms with Crippen LogP contribution in [0, 0.1) is 0 Å². The molecule has 2 N–H and O–H groups in total. The summed E-state index contributed by atoms with van der Waals surface area (Å²) in [6, 6.07) is 7.06. The highest BCUT2D eigenvalue weighted by Gasteiger charge is 2.14. The van der Waals surface area contributed by atoms with E-state index in [0.717, 1.165) is 0 Å². The van der Waals surface area contributed by atoms with Gasteiger partial charge >= 0.3 is 11.9 Å². The Labute approximate surface area is 106 Å². The summed E-state index contributed by atoms with van der Waals surface area (Å²) in [6.07, 6.45) is 0. The third-order valence-electron chi connectivity index (χ3n) is 2.30. The third-order valence-corrected chi connectivity index (χ3v) is 2.63. The van der Waals surface area contributed by atoms with Crippen molar-refractivity contribution in [2.45, 2.75) is 0 Å². The molecule has 0 unspecified atom stereocenters. The van der Waals surface area contributed by atoms with Crippen LogP contribution < -0.4 is 0 Å². The summed E-state index contributed by atoms with van der Waals surface area (Å²) in [5.41, 5.74) is 0.381. The first-order chi connectivity index (χ1) is 8.49. The summed E-state index contributed by atoms with van der Waals surface area (Å²) in [7, 11) is 0. The first-order valence-corrected chi connectivity index (χ1v) is 5.23. The van der Waals surface area contributed by atoms with Gasteiger partial charge in [0.1, 0.15) is 5.76 Å². The Kier molecular flexibility index (Phi) is 3.08. The van der Waals surface area contributed by atoms with Crippen molar-refractivity contribution in [3.63, 3.8) is 0 Å². The average Bonchev–Trinajstić information content (AvgIpc) is 2.78. The maximum atomic E-state index is 10.9. The van der Waals surface area contributed by atoms with Crippen molar-refractivity contribution in [2.24, 2.45) is 0 Å². The van der Waals surface area contributed by atoms with Crippen molar-refractivity contribution in [3.05, 3.63) is 46.7 Å². The number of rotatable bonds is 3. The Morgan fingerprint density at radius 3 is 2.33 bits per heavy atom. The maximum absolute atomic E-state index is 10.9. The minimum Gasteiger partial charge on any atom is -0.478 e. The molecule has 1 aromatic carbocycles. The molecule has 1 aromatic heterocycles. The fourth-order valence-electron chi connectivity index (χ4n) is 1.45. The zero-order chi connectivity index (χ0) is 13.3. The van der Waals surface area contributed by atoms with Crippen LogP contribution in [-0.2, 0) is 0 Å². The van der Waals surface area contributed by atoms with Crippen LogP contribution in [0.15, 0.2) is 34.7 Å². The molecule has 1 heterocycles. The molecule has 0 fully saturated rings. The zero-order valence-corrected chi connectivity index (χ0v) is 9.64. The van der Waals surface area contributed by atoms with Crippen molar-refractivity contribution in [3.8, 4) is 11.3 Å². The largest absolute Gasteiger partial charge is 0.478 e. The fraction of sp³-hybridized carbons (Fsp3) is 0. The van der Waals surface area contributed by atoms with Gasteiger partial charge in [-0.2, -0.15) is 0 Å². The molecule has 0 aliphatic carbocycles. The first-order valence-electron chi connectivity index (χ1n) is 4.85. The number of furan rings is 1. The van der Waals surface area contributed by atoms with Crippen LogP contribution >= 0.6 is 11.6 Å². The molecular weight excluding hydrogens is 260 g/mol. The van der Waals surface area contributed by atoms with E-state index in [-0.39, 0.29) is 22.1 Å². The van der Waals surface area contributed by atoms with Gasteiger partial charge in [0.05, 0.1) is 10.6 Å². The first kappa shape index (κ1) is 12.2. The molecule has 0 amide bonds. The van der Waals surface area contributed by atoms with E-state index in [1.165, 1.54) is 24.3 Å². The number of aromatic carboxylic acids is 2. The topological polar surface area (TPSA) is 87.7 Å². The molecule has 0 spiro atoms. The molecule has 0 saturated carbocycles. The molecule has 0 radical (unpaired) electrons. The Morgan fingerprint density at radius 1 is 1.06 bits per heavy atom. The molecule has 6 heteroatoms. The number of carboxylic acid groups (broad SMARTS) is 2. The van der Waals surface area contributed by atoms with Gasteiger partial charge in [-0.1, -0.05) is 11.6 Å². The van der Waals surface area contributed by atoms with E-state index in [1.807, 2.05) is 0 Å². The van der Waals surface area contributed by atoms with Gasteiger partial charge in [0.2, 0.25) is 5.76 Å². The molecule has 2 aromatic rings. The van der Waals surface area contributed by atoms with E-state index in [0.29, 0.717) is 5.56 Å². The van der Waals surface area contributed by atoms with E-state index in [4.69, 9.17) is 26.2 Å². The average molecular weight is 267 g/mol. The fourth-order valence-corrected chi connectivity index (χ4v) is 1.65. The van der Waals surface area contributed by atoms with Crippen molar-refractivity contribution in [1.29, 1.82) is 0 Å². The number of hydrogen-bond donors (Lipinski definition) is 2. The summed E-state index contributed by atoms with van der Waals surface area (Å²) in [5, 5.41) is 17.8. The van der Waals surface area contributed by atoms with Crippen LogP contribution in [0.25, 0.3) is 11.3 Å². The van der Waals surface area contributed by atoms with Crippen molar-refractivity contribution < 1.29 is 24.2 Å². The highest BCUT2D eigenvalue weighted by molar-refractivity contribution is 6.33. The highest BCUT2D eigenvalue weighted by Crippen LogP contribution is 2.26. The van der Waals surface area contributed by atoms with Crippen molar-refractivity contribution >= 4 is 23.5 Å². The summed E-state index contributed by atoms with van der Waals surface area (Å²) in [6.45, 7) is 0. The Bertz CT molecular complexity index is 629. The van der Waals surface area contributed by atoms with E-state index in [2.05, 4.69) is 0 Å². The minimum absolute atomic E-state index is 0.0672. The number of hydrogen-bond acceptors (Lipinski definition) is 3. The lowest BCUT2D eigenvalue weighted by Gasteiger charge is -2.01. The Hall–Kier alpha value is -2.27. The summed E-state index contributed by atoms with van der Waals surface area (Å²) in [5.74, 6) is -2.29. The molecule has 0 bridgehead atoms. The predicted octanol–water partition coefficient (Wildman–Crippen LogP) is 3.00. The number of benzene rings is 1. The monoisotopic (exact) mass is 266 g/mol. The minimum atomic E-state index is -1.19. The molecule has 0 atom stereocenters. The highest BCUT2D eigenvalue weighted by atomic mass is 35.5. The second kappa shape index (κ2) is 4.54. The molecule has 18 heavy (non-hydrogen) atoms. The van der Waals surface area contributed by atoms with Crippen LogP contribution in [0.4, 0.5) is 0 Å². The number of carbonyl (C=O) groups is 2. The van der Waals surface area contributed by atoms with E-state index < -0.39 is 11.9 Å². The van der Waals surface area contributed by atoms with Gasteiger partial charge in [-0.3, -0.25) is 0 Å². The van der Waals surface area contributed by atoms with Crippen LogP contribution in [-0.4, -0.2) is 22.2 Å². The standard InChI is InChI=1S/C12H7ClO5/c13-8-2-1-6(5-7(8)11(14)15)9-3-4-10(18-9)12(16)17/h1-5H,(H,14,15)(H,16,17). The number of halogens is 1. The SMILES string of the molecule is O=C(O)c1ccc(-c2ccc(Cl)c(C(=O)O)c2)o1. The number of carboxylic acids is 2. The van der Waals surface area contributed by atoms with Gasteiger partial charge in [0.15, 0.2) is 0 Å². The van der Waals surface area contributed by atoms with E-state index in [1.54, 1.807) is 6.07 Å². The lowest BCUT2D eigenvalue weighted by molar-refractivity contribution is 0.0660. The molecule has 2 rings (SSSR count). The summed E-state index contributed by atoms with van der Waals surface area (Å²) >= 11 is 5.73. The Morgan fingerprint density at radius 2 is 1.78 bits per heavy atom. The lowest BCUT2D eigenvalue weighted by atomic mass is 10.1. The van der Waals surface area contributed by atoms with Crippen LogP contribution in [0.1, 0.15) is 20.9 Å². The van der Waals surface area contributed by atoms with Gasteiger partial charge in [-0.05, 0) is 30.3 Å². The van der Waals surface area contributed by atoms with Gasteiger partial charge in [-0.15, -0.1) is 0 Å². The normalized spacial score (nSPS) is 10.3. The predicted molar refractivity (Wildman–Crippen MR) is 63.1 cm³/mol. The Balaban J connectivity index is 2.47. The van der Waals surface area contributed by atoms with Gasteiger partial charge in [0.25, 0.3) is 0 Å². The smallest absolute Gasteiger partial charge is 0.371 e. The second-order valence-electron chi connectivity index (χ2n) is 3.47. The molecule has 0 saturated heterocycles. The summed E-state index contributed by atoms with van der Waals surface area (Å²) < 4.78 is 5.07. The van der Waals surface area contributed by atoms with Crippen molar-refractivity contribution in [2.75, 3.05) is 0 Å². The van der Waals surface area contributed by atoms with Gasteiger partial charge in [0, 0.05) is 5.56 Å². The molecule has 0 aliphatic heterocycles. The third kappa shape index (κ3) is 2.21. The molecular formula is C12H7ClO5. The van der Waals surface area contributed by atoms with E-state index >= 15 is 0 Å². The second-order valence-corrected chi connectivity index (χ2v) is 3.88. The maximum Gasteiger partial charge on any atom is 0.371 e. The van der Waals surface area contributed by atoms with E-state index in [9.17, 15) is 9.59 Å². The van der Waals surface area contributed by atoms with Crippen LogP contribution in [0.2, 0.25) is 5.02 Å². The quantitative estimate of drug-likeness (QED) is 0.891. The van der Waals surface area contributed by atoms with Crippen LogP contribution in [0.3, 0.4) is 0 Å². The zero-order valence-electron chi connectivity index (χ0n) is 8.88. The molecule has 0 aliphatic rings. The molecule has 92 valence electrons. The summed E-state index contributed by atoms with van der Waals surface area (Å²) in [4.78, 5) is 21.6. The van der Waals surface area contributed by atoms with Crippen molar-refractivity contribution in [1.82, 2.24) is 0 Å². The van der Waals surface area contributed by atoms with Gasteiger partial charge in [-0.25, -0.2) is 9.59 Å².